The molecule has 1 rings (SSSR count). The molecule has 0 fully saturated rings. The van der Waals surface area contributed by atoms with Gasteiger partial charge < -0.3 is 10.1 Å². The van der Waals surface area contributed by atoms with Gasteiger partial charge in [-0.25, -0.2) is 4.98 Å². The SMILES string of the molecule is C=C(C)c1nc(CCC)[nH]c1CO. The topological polar surface area (TPSA) is 48.9 Å². The maximum absolute atomic E-state index is 9.04. The molecule has 0 aromatic carbocycles. The fourth-order valence-corrected chi connectivity index (χ4v) is 1.29. The van der Waals surface area contributed by atoms with E-state index in [0.717, 1.165) is 35.6 Å². The molecule has 0 aliphatic carbocycles. The van der Waals surface area contributed by atoms with Gasteiger partial charge >= 0.3 is 0 Å². The molecular formula is C10H16N2O. The zero-order chi connectivity index (χ0) is 9.84. The minimum absolute atomic E-state index is 0.00108. The molecule has 0 radical (unpaired) electrons. The Labute approximate surface area is 78.5 Å². The summed E-state index contributed by atoms with van der Waals surface area (Å²) in [6, 6.07) is 0. The summed E-state index contributed by atoms with van der Waals surface area (Å²) in [6.45, 7) is 7.81. The van der Waals surface area contributed by atoms with E-state index in [4.69, 9.17) is 5.11 Å². The highest BCUT2D eigenvalue weighted by Gasteiger charge is 2.08. The van der Waals surface area contributed by atoms with Crippen molar-refractivity contribution in [2.45, 2.75) is 33.3 Å². The first-order chi connectivity index (χ1) is 6.19. The normalized spacial score (nSPS) is 10.4. The van der Waals surface area contributed by atoms with Crippen LogP contribution in [0.1, 0.15) is 37.5 Å². The van der Waals surface area contributed by atoms with Crippen molar-refractivity contribution in [2.24, 2.45) is 0 Å². The molecule has 1 heterocycles. The summed E-state index contributed by atoms with van der Waals surface area (Å²) in [6.07, 6.45) is 1.97. The van der Waals surface area contributed by atoms with Gasteiger partial charge in [-0.3, -0.25) is 0 Å². The molecular weight excluding hydrogens is 164 g/mol. The number of nitrogens with one attached hydrogen (secondary N) is 1. The van der Waals surface area contributed by atoms with Gasteiger partial charge in [0.25, 0.3) is 0 Å². The summed E-state index contributed by atoms with van der Waals surface area (Å²) in [4.78, 5) is 7.45. The van der Waals surface area contributed by atoms with E-state index >= 15 is 0 Å². The average molecular weight is 180 g/mol. The van der Waals surface area contributed by atoms with E-state index < -0.39 is 0 Å². The maximum atomic E-state index is 9.04. The third-order valence-corrected chi connectivity index (χ3v) is 1.88. The number of rotatable bonds is 4. The Hall–Kier alpha value is -1.09. The largest absolute Gasteiger partial charge is 0.390 e. The van der Waals surface area contributed by atoms with Crippen LogP contribution in [0.4, 0.5) is 0 Å². The fraction of sp³-hybridized carbons (Fsp3) is 0.500. The van der Waals surface area contributed by atoms with Crippen molar-refractivity contribution in [1.82, 2.24) is 9.97 Å². The molecule has 13 heavy (non-hydrogen) atoms. The molecule has 0 saturated heterocycles. The van der Waals surface area contributed by atoms with Crippen molar-refractivity contribution < 1.29 is 5.11 Å². The Bertz CT molecular complexity index is 302. The molecule has 3 heteroatoms. The van der Waals surface area contributed by atoms with Crippen molar-refractivity contribution in [3.63, 3.8) is 0 Å². The summed E-state index contributed by atoms with van der Waals surface area (Å²) in [5.74, 6) is 0.935. The highest BCUT2D eigenvalue weighted by Crippen LogP contribution is 2.15. The molecule has 1 aromatic rings. The lowest BCUT2D eigenvalue weighted by Crippen LogP contribution is -1.88. The van der Waals surface area contributed by atoms with Crippen molar-refractivity contribution in [3.05, 3.63) is 23.8 Å². The van der Waals surface area contributed by atoms with Gasteiger partial charge in [-0.2, -0.15) is 0 Å². The average Bonchev–Trinajstić information content (AvgIpc) is 2.48. The van der Waals surface area contributed by atoms with Gasteiger partial charge in [0.05, 0.1) is 18.0 Å². The van der Waals surface area contributed by atoms with Crippen LogP contribution in [0, 0.1) is 0 Å². The first-order valence-electron chi connectivity index (χ1n) is 4.53. The maximum Gasteiger partial charge on any atom is 0.107 e. The number of aromatic amines is 1. The lowest BCUT2D eigenvalue weighted by molar-refractivity contribution is 0.277. The molecule has 0 atom stereocenters. The third kappa shape index (κ3) is 2.18. The minimum atomic E-state index is -0.00108. The van der Waals surface area contributed by atoms with Crippen LogP contribution in [0.2, 0.25) is 0 Å². The lowest BCUT2D eigenvalue weighted by atomic mass is 10.2. The molecule has 0 aliphatic heterocycles. The zero-order valence-electron chi connectivity index (χ0n) is 8.22. The number of hydrogen-bond donors (Lipinski definition) is 2. The number of hydrogen-bond acceptors (Lipinski definition) is 2. The van der Waals surface area contributed by atoms with Crippen molar-refractivity contribution in [3.8, 4) is 0 Å². The quantitative estimate of drug-likeness (QED) is 0.743. The lowest BCUT2D eigenvalue weighted by Gasteiger charge is -1.95. The van der Waals surface area contributed by atoms with Crippen LogP contribution in [0.5, 0.6) is 0 Å². The van der Waals surface area contributed by atoms with E-state index in [2.05, 4.69) is 23.5 Å². The van der Waals surface area contributed by atoms with E-state index in [9.17, 15) is 0 Å². The Balaban J connectivity index is 2.97. The van der Waals surface area contributed by atoms with E-state index in [1.54, 1.807) is 0 Å². The number of H-pyrrole nitrogens is 1. The highest BCUT2D eigenvalue weighted by molar-refractivity contribution is 5.60. The third-order valence-electron chi connectivity index (χ3n) is 1.88. The predicted octanol–water partition coefficient (Wildman–Crippen LogP) is 1.89. The molecule has 0 bridgehead atoms. The molecule has 3 nitrogen and oxygen atoms in total. The van der Waals surface area contributed by atoms with Crippen LogP contribution in [0.3, 0.4) is 0 Å². The Morgan fingerprint density at radius 2 is 2.31 bits per heavy atom. The summed E-state index contributed by atoms with van der Waals surface area (Å²) in [7, 11) is 0. The van der Waals surface area contributed by atoms with Gasteiger partial charge in [0.15, 0.2) is 0 Å². The standard InChI is InChI=1S/C10H16N2O/c1-4-5-9-11-8(6-13)10(12-9)7(2)3/h13H,2,4-6H2,1,3H3,(H,11,12). The van der Waals surface area contributed by atoms with E-state index in [0.29, 0.717) is 0 Å². The predicted molar refractivity (Wildman–Crippen MR) is 53.2 cm³/mol. The molecule has 0 unspecified atom stereocenters. The van der Waals surface area contributed by atoms with E-state index in [-0.39, 0.29) is 6.61 Å². The number of allylic oxidation sites excluding steroid dienone is 1. The van der Waals surface area contributed by atoms with Crippen LogP contribution < -0.4 is 0 Å². The molecule has 0 aliphatic rings. The summed E-state index contributed by atoms with van der Waals surface area (Å²) >= 11 is 0. The summed E-state index contributed by atoms with van der Waals surface area (Å²) in [5.41, 5.74) is 2.48. The van der Waals surface area contributed by atoms with Crippen molar-refractivity contribution >= 4 is 5.57 Å². The minimum Gasteiger partial charge on any atom is -0.390 e. The molecule has 0 spiro atoms. The van der Waals surface area contributed by atoms with E-state index in [1.165, 1.54) is 0 Å². The van der Waals surface area contributed by atoms with Gasteiger partial charge in [-0.1, -0.05) is 13.5 Å². The summed E-state index contributed by atoms with van der Waals surface area (Å²) in [5, 5.41) is 9.04. The van der Waals surface area contributed by atoms with Gasteiger partial charge in [0.1, 0.15) is 5.82 Å². The zero-order valence-corrected chi connectivity index (χ0v) is 8.22. The molecule has 1 aromatic heterocycles. The van der Waals surface area contributed by atoms with Gasteiger partial charge in [0.2, 0.25) is 0 Å². The molecule has 2 N–H and O–H groups in total. The number of nitrogens with zero attached hydrogens (tertiary/aromatic N) is 1. The van der Waals surface area contributed by atoms with Crippen LogP contribution in [0.15, 0.2) is 6.58 Å². The smallest absolute Gasteiger partial charge is 0.107 e. The second-order valence-corrected chi connectivity index (χ2v) is 3.20. The van der Waals surface area contributed by atoms with Gasteiger partial charge in [0, 0.05) is 6.42 Å². The Morgan fingerprint density at radius 3 is 2.69 bits per heavy atom. The fourth-order valence-electron chi connectivity index (χ4n) is 1.29. The van der Waals surface area contributed by atoms with Crippen LogP contribution >= 0.6 is 0 Å². The van der Waals surface area contributed by atoms with Gasteiger partial charge in [-0.15, -0.1) is 0 Å². The number of aryl methyl sites for hydroxylation is 1. The number of aromatic nitrogens is 2. The second kappa shape index (κ2) is 4.23. The first-order valence-corrected chi connectivity index (χ1v) is 4.53. The van der Waals surface area contributed by atoms with Gasteiger partial charge in [-0.05, 0) is 18.9 Å². The number of aliphatic hydroxyl groups is 1. The monoisotopic (exact) mass is 180 g/mol. The first kappa shape index (κ1) is 9.99. The Kier molecular flexibility index (Phi) is 3.25. The Morgan fingerprint density at radius 1 is 1.62 bits per heavy atom. The second-order valence-electron chi connectivity index (χ2n) is 3.20. The molecule has 0 amide bonds. The van der Waals surface area contributed by atoms with Crippen LogP contribution in [-0.2, 0) is 13.0 Å². The van der Waals surface area contributed by atoms with Crippen LogP contribution in [0.25, 0.3) is 5.57 Å². The van der Waals surface area contributed by atoms with Crippen molar-refractivity contribution in [2.75, 3.05) is 0 Å². The number of aliphatic hydroxyl groups excluding tert-OH is 1. The van der Waals surface area contributed by atoms with Crippen LogP contribution in [-0.4, -0.2) is 15.1 Å². The van der Waals surface area contributed by atoms with Crippen molar-refractivity contribution in [1.29, 1.82) is 0 Å². The molecule has 72 valence electrons. The van der Waals surface area contributed by atoms with E-state index in [1.807, 2.05) is 6.92 Å². The highest BCUT2D eigenvalue weighted by atomic mass is 16.3. The summed E-state index contributed by atoms with van der Waals surface area (Å²) < 4.78 is 0. The number of imidazole rings is 1. The molecule has 0 saturated carbocycles.